The fraction of sp³-hybridized carbons (Fsp3) is 0.889. The molecule has 0 heterocycles. The molecule has 0 saturated heterocycles. The van der Waals surface area contributed by atoms with Crippen LogP contribution in [0, 0.1) is 5.92 Å². The lowest BCUT2D eigenvalue weighted by atomic mass is 9.77. The molecule has 3 heteroatoms. The quantitative estimate of drug-likeness (QED) is 0.659. The van der Waals surface area contributed by atoms with Gasteiger partial charge in [0.25, 0.3) is 0 Å². The second-order valence-corrected chi connectivity index (χ2v) is 4.20. The highest BCUT2D eigenvalue weighted by Gasteiger charge is 2.28. The van der Waals surface area contributed by atoms with E-state index in [2.05, 4.69) is 0 Å². The Balaban J connectivity index is 2.31. The van der Waals surface area contributed by atoms with Gasteiger partial charge in [-0.05, 0) is 38.5 Å². The lowest BCUT2D eigenvalue weighted by molar-refractivity contribution is -0.138. The maximum Gasteiger partial charge on any atom is 0.303 e. The molecule has 0 atom stereocenters. The van der Waals surface area contributed by atoms with Crippen molar-refractivity contribution in [2.45, 2.75) is 44.6 Å². The minimum absolute atomic E-state index is 0.0466. The number of rotatable bonds is 2. The maximum absolute atomic E-state index is 10.4. The van der Waals surface area contributed by atoms with Crippen LogP contribution in [0.25, 0.3) is 0 Å². The summed E-state index contributed by atoms with van der Waals surface area (Å²) in [6, 6.07) is 0. The summed E-state index contributed by atoms with van der Waals surface area (Å²) in [5.41, 5.74) is 5.88. The summed E-state index contributed by atoms with van der Waals surface area (Å²) >= 11 is 0. The van der Waals surface area contributed by atoms with Crippen LogP contribution in [0.1, 0.15) is 39.0 Å². The van der Waals surface area contributed by atoms with Crippen LogP contribution < -0.4 is 5.73 Å². The van der Waals surface area contributed by atoms with Gasteiger partial charge in [-0.25, -0.2) is 0 Å². The third kappa shape index (κ3) is 2.81. The average molecular weight is 171 g/mol. The van der Waals surface area contributed by atoms with E-state index < -0.39 is 5.97 Å². The van der Waals surface area contributed by atoms with E-state index in [1.165, 1.54) is 0 Å². The molecule has 0 bridgehead atoms. The van der Waals surface area contributed by atoms with Crippen molar-refractivity contribution in [2.75, 3.05) is 0 Å². The smallest absolute Gasteiger partial charge is 0.303 e. The summed E-state index contributed by atoms with van der Waals surface area (Å²) in [6.45, 7) is 2.05. The minimum Gasteiger partial charge on any atom is -0.481 e. The molecule has 0 unspecified atom stereocenters. The van der Waals surface area contributed by atoms with Gasteiger partial charge in [0.15, 0.2) is 0 Å². The van der Waals surface area contributed by atoms with Crippen LogP contribution in [0.2, 0.25) is 0 Å². The van der Waals surface area contributed by atoms with E-state index in [1.807, 2.05) is 6.92 Å². The second kappa shape index (κ2) is 3.44. The summed E-state index contributed by atoms with van der Waals surface area (Å²) in [4.78, 5) is 10.4. The highest BCUT2D eigenvalue weighted by atomic mass is 16.4. The van der Waals surface area contributed by atoms with Gasteiger partial charge in [-0.2, -0.15) is 0 Å². The van der Waals surface area contributed by atoms with Gasteiger partial charge in [0.1, 0.15) is 0 Å². The number of aliphatic carboxylic acids is 1. The Bertz CT molecular complexity index is 167. The van der Waals surface area contributed by atoms with Crippen LogP contribution in [-0.2, 0) is 4.79 Å². The Morgan fingerprint density at radius 1 is 1.58 bits per heavy atom. The first kappa shape index (κ1) is 9.52. The van der Waals surface area contributed by atoms with Crippen molar-refractivity contribution in [3.8, 4) is 0 Å². The molecular weight excluding hydrogens is 154 g/mol. The molecular formula is C9H17NO2. The molecule has 1 rings (SSSR count). The second-order valence-electron chi connectivity index (χ2n) is 4.20. The monoisotopic (exact) mass is 171 g/mol. The van der Waals surface area contributed by atoms with E-state index in [-0.39, 0.29) is 5.54 Å². The number of hydrogen-bond acceptors (Lipinski definition) is 2. The number of hydrogen-bond donors (Lipinski definition) is 2. The van der Waals surface area contributed by atoms with Gasteiger partial charge in [-0.3, -0.25) is 4.79 Å². The van der Waals surface area contributed by atoms with Crippen molar-refractivity contribution >= 4 is 5.97 Å². The predicted octanol–water partition coefficient (Wildman–Crippen LogP) is 1.37. The van der Waals surface area contributed by atoms with Crippen molar-refractivity contribution in [1.82, 2.24) is 0 Å². The molecule has 1 aliphatic rings. The normalized spacial score (nSPS) is 36.3. The number of carboxylic acids is 1. The summed E-state index contributed by atoms with van der Waals surface area (Å²) in [6.07, 6.45) is 4.19. The summed E-state index contributed by atoms with van der Waals surface area (Å²) in [5, 5.41) is 8.56. The third-order valence-electron chi connectivity index (χ3n) is 2.71. The van der Waals surface area contributed by atoms with Crippen molar-refractivity contribution in [3.63, 3.8) is 0 Å². The highest BCUT2D eigenvalue weighted by Crippen LogP contribution is 2.31. The zero-order valence-electron chi connectivity index (χ0n) is 7.55. The molecule has 1 fully saturated rings. The zero-order valence-corrected chi connectivity index (χ0v) is 7.55. The number of carbonyl (C=O) groups is 1. The summed E-state index contributed by atoms with van der Waals surface area (Å²) < 4.78 is 0. The largest absolute Gasteiger partial charge is 0.481 e. The van der Waals surface area contributed by atoms with Gasteiger partial charge in [0, 0.05) is 12.0 Å². The Morgan fingerprint density at radius 3 is 2.50 bits per heavy atom. The van der Waals surface area contributed by atoms with Crippen molar-refractivity contribution < 1.29 is 9.90 Å². The van der Waals surface area contributed by atoms with Gasteiger partial charge in [-0.1, -0.05) is 0 Å². The van der Waals surface area contributed by atoms with Gasteiger partial charge in [0.05, 0.1) is 0 Å². The van der Waals surface area contributed by atoms with Crippen LogP contribution in [0.5, 0.6) is 0 Å². The molecule has 3 nitrogen and oxygen atoms in total. The lowest BCUT2D eigenvalue weighted by Gasteiger charge is -2.33. The molecule has 12 heavy (non-hydrogen) atoms. The molecule has 0 aromatic heterocycles. The number of nitrogens with two attached hydrogens (primary N) is 1. The molecule has 0 aliphatic heterocycles. The minimum atomic E-state index is -0.680. The molecule has 3 N–H and O–H groups in total. The summed E-state index contributed by atoms with van der Waals surface area (Å²) in [5.74, 6) is -0.320. The van der Waals surface area contributed by atoms with Crippen molar-refractivity contribution in [3.05, 3.63) is 0 Å². The van der Waals surface area contributed by atoms with Gasteiger partial charge in [0.2, 0.25) is 0 Å². The van der Waals surface area contributed by atoms with Crippen LogP contribution in [0.3, 0.4) is 0 Å². The SMILES string of the molecule is CC1(N)CCC(CC(=O)O)CC1. The Morgan fingerprint density at radius 2 is 2.08 bits per heavy atom. The van der Waals surface area contributed by atoms with E-state index in [0.29, 0.717) is 12.3 Å². The predicted molar refractivity (Wildman–Crippen MR) is 46.8 cm³/mol. The van der Waals surface area contributed by atoms with Crippen molar-refractivity contribution in [1.29, 1.82) is 0 Å². The van der Waals surface area contributed by atoms with E-state index >= 15 is 0 Å². The lowest BCUT2D eigenvalue weighted by Crippen LogP contribution is -2.40. The molecule has 0 aromatic carbocycles. The van der Waals surface area contributed by atoms with Crippen LogP contribution in [0.4, 0.5) is 0 Å². The third-order valence-corrected chi connectivity index (χ3v) is 2.71. The topological polar surface area (TPSA) is 63.3 Å². The molecule has 70 valence electrons. The number of carboxylic acid groups (broad SMARTS) is 1. The molecule has 0 radical (unpaired) electrons. The Kier molecular flexibility index (Phi) is 2.73. The van der Waals surface area contributed by atoms with Crippen molar-refractivity contribution in [2.24, 2.45) is 11.7 Å². The molecule has 0 aromatic rings. The Hall–Kier alpha value is -0.570. The van der Waals surface area contributed by atoms with E-state index in [0.717, 1.165) is 25.7 Å². The van der Waals surface area contributed by atoms with Crippen LogP contribution in [-0.4, -0.2) is 16.6 Å². The van der Waals surface area contributed by atoms with Gasteiger partial charge in [-0.15, -0.1) is 0 Å². The van der Waals surface area contributed by atoms with Gasteiger partial charge >= 0.3 is 5.97 Å². The standard InChI is InChI=1S/C9H17NO2/c1-9(10)4-2-7(3-5-9)6-8(11)12/h7H,2-6,10H2,1H3,(H,11,12). The highest BCUT2D eigenvalue weighted by molar-refractivity contribution is 5.67. The molecule has 0 amide bonds. The molecule has 1 aliphatic carbocycles. The maximum atomic E-state index is 10.4. The van der Waals surface area contributed by atoms with E-state index in [1.54, 1.807) is 0 Å². The van der Waals surface area contributed by atoms with Crippen LogP contribution >= 0.6 is 0 Å². The fourth-order valence-corrected chi connectivity index (χ4v) is 1.79. The van der Waals surface area contributed by atoms with Gasteiger partial charge < -0.3 is 10.8 Å². The first-order valence-electron chi connectivity index (χ1n) is 4.50. The molecule has 0 spiro atoms. The van der Waals surface area contributed by atoms with E-state index in [9.17, 15) is 4.79 Å². The summed E-state index contributed by atoms with van der Waals surface area (Å²) in [7, 11) is 0. The van der Waals surface area contributed by atoms with Crippen LogP contribution in [0.15, 0.2) is 0 Å². The Labute approximate surface area is 72.9 Å². The fourth-order valence-electron chi connectivity index (χ4n) is 1.79. The van der Waals surface area contributed by atoms with E-state index in [4.69, 9.17) is 10.8 Å². The zero-order chi connectivity index (χ0) is 9.19. The average Bonchev–Trinajstić information content (AvgIpc) is 1.93. The first-order chi connectivity index (χ1) is 5.49. The first-order valence-corrected chi connectivity index (χ1v) is 4.50. The molecule has 1 saturated carbocycles.